The maximum atomic E-state index is 5.96. The highest BCUT2D eigenvalue weighted by Gasteiger charge is 2.16. The summed E-state index contributed by atoms with van der Waals surface area (Å²) in [5.74, 6) is 1.15. The third-order valence-corrected chi connectivity index (χ3v) is 4.09. The Morgan fingerprint density at radius 3 is 2.72 bits per heavy atom. The summed E-state index contributed by atoms with van der Waals surface area (Å²) in [6, 6.07) is 15.2. The highest BCUT2D eigenvalue weighted by atomic mass is 35.5. The van der Waals surface area contributed by atoms with Gasteiger partial charge in [0, 0.05) is 30.6 Å². The van der Waals surface area contributed by atoms with Crippen LogP contribution in [0.4, 0.5) is 0 Å². The summed E-state index contributed by atoms with van der Waals surface area (Å²) in [7, 11) is 0. The van der Waals surface area contributed by atoms with Crippen molar-refractivity contribution in [1.29, 1.82) is 0 Å². The molecule has 0 bridgehead atoms. The average molecular weight is 351 g/mol. The number of benzene rings is 1. The van der Waals surface area contributed by atoms with E-state index in [2.05, 4.69) is 16.9 Å². The van der Waals surface area contributed by atoms with Gasteiger partial charge in [0.25, 0.3) is 0 Å². The first kappa shape index (κ1) is 15.6. The van der Waals surface area contributed by atoms with Gasteiger partial charge in [-0.3, -0.25) is 9.67 Å². The number of para-hydroxylation sites is 1. The first-order valence-electron chi connectivity index (χ1n) is 7.96. The van der Waals surface area contributed by atoms with Crippen molar-refractivity contribution in [2.24, 2.45) is 0 Å². The molecule has 0 saturated carbocycles. The Hall–Kier alpha value is -2.92. The van der Waals surface area contributed by atoms with E-state index in [0.717, 1.165) is 28.8 Å². The second-order valence-electron chi connectivity index (χ2n) is 5.45. The van der Waals surface area contributed by atoms with E-state index in [9.17, 15) is 0 Å². The normalized spacial score (nSPS) is 11.0. The molecule has 3 aromatic heterocycles. The van der Waals surface area contributed by atoms with Crippen molar-refractivity contribution in [3.63, 3.8) is 0 Å². The lowest BCUT2D eigenvalue weighted by Crippen LogP contribution is -1.96. The van der Waals surface area contributed by atoms with E-state index in [1.165, 1.54) is 0 Å². The van der Waals surface area contributed by atoms with Crippen molar-refractivity contribution in [1.82, 2.24) is 19.7 Å². The fraction of sp³-hybridized carbons (Fsp3) is 0.105. The van der Waals surface area contributed by atoms with Gasteiger partial charge in [-0.1, -0.05) is 23.7 Å². The van der Waals surface area contributed by atoms with Crippen molar-refractivity contribution in [2.75, 3.05) is 0 Å². The molecule has 0 radical (unpaired) electrons. The molecule has 0 aliphatic carbocycles. The van der Waals surface area contributed by atoms with Gasteiger partial charge in [-0.25, -0.2) is 4.98 Å². The van der Waals surface area contributed by atoms with E-state index in [1.54, 1.807) is 24.5 Å². The number of aryl methyl sites for hydroxylation is 1. The summed E-state index contributed by atoms with van der Waals surface area (Å²) >= 11 is 5.89. The van der Waals surface area contributed by atoms with Crippen LogP contribution in [0.5, 0.6) is 11.6 Å². The van der Waals surface area contributed by atoms with Gasteiger partial charge < -0.3 is 4.74 Å². The average Bonchev–Trinajstić information content (AvgIpc) is 3.03. The number of hydrogen-bond donors (Lipinski definition) is 0. The summed E-state index contributed by atoms with van der Waals surface area (Å²) in [5, 5.41) is 5.29. The van der Waals surface area contributed by atoms with E-state index in [1.807, 2.05) is 41.1 Å². The standard InChI is InChI=1S/C19H15ClN4O/c1-2-24-15-7-5-11-21-19(15)18(23-24)14-6-3-4-8-16(14)25-17-10-9-13(20)12-22-17/h3-12H,2H2,1H3. The minimum absolute atomic E-state index is 0.476. The number of pyridine rings is 2. The van der Waals surface area contributed by atoms with Gasteiger partial charge in [0.15, 0.2) is 0 Å². The highest BCUT2D eigenvalue weighted by molar-refractivity contribution is 6.30. The van der Waals surface area contributed by atoms with Crippen molar-refractivity contribution in [3.05, 3.63) is 65.9 Å². The molecule has 0 atom stereocenters. The SMILES string of the molecule is CCn1nc(-c2ccccc2Oc2ccc(Cl)cn2)c2ncccc21. The van der Waals surface area contributed by atoms with Crippen LogP contribution in [0.15, 0.2) is 60.9 Å². The summed E-state index contributed by atoms with van der Waals surface area (Å²) in [6.45, 7) is 2.83. The Labute approximate surface area is 149 Å². The van der Waals surface area contributed by atoms with Crippen LogP contribution >= 0.6 is 11.6 Å². The molecule has 0 spiro atoms. The molecule has 5 nitrogen and oxygen atoms in total. The number of rotatable bonds is 4. The molecular formula is C19H15ClN4O. The molecule has 6 heteroatoms. The summed E-state index contributed by atoms with van der Waals surface area (Å²) < 4.78 is 7.90. The molecule has 0 aliphatic heterocycles. The van der Waals surface area contributed by atoms with E-state index in [0.29, 0.717) is 16.7 Å². The summed E-state index contributed by atoms with van der Waals surface area (Å²) in [6.07, 6.45) is 3.33. The van der Waals surface area contributed by atoms with Gasteiger partial charge in [0.05, 0.1) is 10.5 Å². The van der Waals surface area contributed by atoms with E-state index >= 15 is 0 Å². The lowest BCUT2D eigenvalue weighted by molar-refractivity contribution is 0.464. The molecule has 0 N–H and O–H groups in total. The maximum Gasteiger partial charge on any atom is 0.219 e. The van der Waals surface area contributed by atoms with Crippen molar-refractivity contribution in [2.45, 2.75) is 13.5 Å². The first-order chi connectivity index (χ1) is 12.3. The van der Waals surface area contributed by atoms with Crippen LogP contribution in [0.1, 0.15) is 6.92 Å². The minimum Gasteiger partial charge on any atom is -0.438 e. The van der Waals surface area contributed by atoms with Crippen LogP contribution in [0.2, 0.25) is 5.02 Å². The Balaban J connectivity index is 1.83. The lowest BCUT2D eigenvalue weighted by atomic mass is 10.1. The number of aromatic nitrogens is 4. The van der Waals surface area contributed by atoms with Crippen LogP contribution in [0.25, 0.3) is 22.3 Å². The molecule has 4 rings (SSSR count). The van der Waals surface area contributed by atoms with E-state index in [-0.39, 0.29) is 0 Å². The summed E-state index contributed by atoms with van der Waals surface area (Å²) in [5.41, 5.74) is 3.51. The topological polar surface area (TPSA) is 52.8 Å². The smallest absolute Gasteiger partial charge is 0.219 e. The first-order valence-corrected chi connectivity index (χ1v) is 8.34. The van der Waals surface area contributed by atoms with Gasteiger partial charge in [0.1, 0.15) is 17.0 Å². The van der Waals surface area contributed by atoms with Gasteiger partial charge in [-0.05, 0) is 37.3 Å². The van der Waals surface area contributed by atoms with Crippen LogP contribution in [0, 0.1) is 0 Å². The monoisotopic (exact) mass is 350 g/mol. The van der Waals surface area contributed by atoms with E-state index < -0.39 is 0 Å². The Bertz CT molecular complexity index is 1030. The van der Waals surface area contributed by atoms with Crippen molar-refractivity contribution < 1.29 is 4.74 Å². The zero-order valence-electron chi connectivity index (χ0n) is 13.6. The molecule has 0 amide bonds. The molecule has 0 fully saturated rings. The molecule has 124 valence electrons. The Morgan fingerprint density at radius 2 is 1.92 bits per heavy atom. The molecule has 1 aromatic carbocycles. The Morgan fingerprint density at radius 1 is 1.04 bits per heavy atom. The van der Waals surface area contributed by atoms with Crippen LogP contribution in [-0.4, -0.2) is 19.7 Å². The quantitative estimate of drug-likeness (QED) is 0.522. The van der Waals surface area contributed by atoms with Crippen molar-refractivity contribution >= 4 is 22.6 Å². The second kappa shape index (κ2) is 6.53. The molecule has 25 heavy (non-hydrogen) atoms. The van der Waals surface area contributed by atoms with Crippen LogP contribution in [0.3, 0.4) is 0 Å². The zero-order valence-corrected chi connectivity index (χ0v) is 14.3. The second-order valence-corrected chi connectivity index (χ2v) is 5.88. The number of ether oxygens (including phenoxy) is 1. The predicted molar refractivity (Wildman–Crippen MR) is 98.0 cm³/mol. The molecule has 0 unspecified atom stereocenters. The van der Waals surface area contributed by atoms with Gasteiger partial charge in [0.2, 0.25) is 5.88 Å². The number of hydrogen-bond acceptors (Lipinski definition) is 4. The largest absolute Gasteiger partial charge is 0.438 e. The lowest BCUT2D eigenvalue weighted by Gasteiger charge is -2.09. The highest BCUT2D eigenvalue weighted by Crippen LogP contribution is 2.35. The number of nitrogens with zero attached hydrogens (tertiary/aromatic N) is 4. The third-order valence-electron chi connectivity index (χ3n) is 3.87. The Kier molecular flexibility index (Phi) is 4.07. The third kappa shape index (κ3) is 2.94. The molecule has 0 saturated heterocycles. The summed E-state index contributed by atoms with van der Waals surface area (Å²) in [4.78, 5) is 8.71. The van der Waals surface area contributed by atoms with Gasteiger partial charge in [-0.2, -0.15) is 5.10 Å². The molecular weight excluding hydrogens is 336 g/mol. The predicted octanol–water partition coefficient (Wildman–Crippen LogP) is 4.96. The van der Waals surface area contributed by atoms with Gasteiger partial charge in [-0.15, -0.1) is 0 Å². The van der Waals surface area contributed by atoms with Crippen molar-refractivity contribution in [3.8, 4) is 22.9 Å². The molecule has 3 heterocycles. The number of fused-ring (bicyclic) bond motifs is 1. The fourth-order valence-electron chi connectivity index (χ4n) is 2.72. The van der Waals surface area contributed by atoms with Crippen LogP contribution < -0.4 is 4.74 Å². The minimum atomic E-state index is 0.476. The fourth-order valence-corrected chi connectivity index (χ4v) is 2.83. The number of halogens is 1. The van der Waals surface area contributed by atoms with E-state index in [4.69, 9.17) is 21.4 Å². The van der Waals surface area contributed by atoms with Crippen LogP contribution in [-0.2, 0) is 6.54 Å². The zero-order chi connectivity index (χ0) is 17.2. The maximum absolute atomic E-state index is 5.96. The molecule has 0 aliphatic rings. The van der Waals surface area contributed by atoms with Gasteiger partial charge >= 0.3 is 0 Å². The molecule has 4 aromatic rings.